The molecule has 4 nitrogen and oxygen atoms in total. The van der Waals surface area contributed by atoms with Crippen molar-refractivity contribution in [2.75, 3.05) is 6.61 Å². The molecule has 0 amide bonds. The molecule has 116 valence electrons. The molecular weight excluding hydrogens is 347 g/mol. The van der Waals surface area contributed by atoms with Crippen LogP contribution in [0.2, 0.25) is 0 Å². The topological polar surface area (TPSA) is 46.3 Å². The predicted molar refractivity (Wildman–Crippen MR) is 79.3 cm³/mol. The average molecular weight is 359 g/mol. The summed E-state index contributed by atoms with van der Waals surface area (Å²) >= 11 is 0. The molecule has 1 unspecified atom stereocenters. The number of benzene rings is 1. The van der Waals surface area contributed by atoms with Gasteiger partial charge >= 0.3 is 15.7 Å². The van der Waals surface area contributed by atoms with E-state index in [9.17, 15) is 16.8 Å². The summed E-state index contributed by atoms with van der Waals surface area (Å²) in [5.41, 5.74) is -0.245. The Hall–Kier alpha value is -0.830. The number of hydrogen-bond acceptors (Lipinski definition) is 4. The highest BCUT2D eigenvalue weighted by Gasteiger charge is 2.41. The average Bonchev–Trinajstić information content (AvgIpc) is 2.36. The zero-order valence-corrected chi connectivity index (χ0v) is 13.6. The molecule has 0 bridgehead atoms. The molecule has 0 fully saturated rings. The van der Waals surface area contributed by atoms with Crippen molar-refractivity contribution >= 4 is 28.2 Å². The van der Waals surface area contributed by atoms with Crippen LogP contribution in [-0.2, 0) is 4.74 Å². The van der Waals surface area contributed by atoms with Crippen molar-refractivity contribution in [3.8, 4) is 0 Å². The van der Waals surface area contributed by atoms with Gasteiger partial charge in [-0.2, -0.15) is 9.03 Å². The van der Waals surface area contributed by atoms with Crippen LogP contribution < -0.4 is 5.30 Å². The van der Waals surface area contributed by atoms with Crippen molar-refractivity contribution in [1.82, 2.24) is 0 Å². The predicted octanol–water partition coefficient (Wildman–Crippen LogP) is 6.72. The van der Waals surface area contributed by atoms with Crippen LogP contribution in [0.25, 0.3) is 0 Å². The highest BCUT2D eigenvalue weighted by atomic mass is 31.3. The number of hydrogen-bond donors (Lipinski definition) is 0. The first-order valence-electron chi connectivity index (χ1n) is 5.79. The minimum Gasteiger partial charge on any atom is -0.490 e. The van der Waals surface area contributed by atoms with Crippen LogP contribution in [0.4, 0.5) is 16.8 Å². The van der Waals surface area contributed by atoms with Gasteiger partial charge in [0.1, 0.15) is 0 Å². The highest BCUT2D eigenvalue weighted by Crippen LogP contribution is 2.82. The van der Waals surface area contributed by atoms with Crippen LogP contribution >= 0.6 is 22.9 Å². The van der Waals surface area contributed by atoms with E-state index in [1.807, 2.05) is 0 Å². The van der Waals surface area contributed by atoms with Gasteiger partial charge in [0.05, 0.1) is 6.61 Å². The van der Waals surface area contributed by atoms with Crippen LogP contribution in [0, 0.1) is 0 Å². The lowest BCUT2D eigenvalue weighted by molar-refractivity contribution is 0.256. The molecule has 0 radical (unpaired) electrons. The van der Waals surface area contributed by atoms with Crippen LogP contribution in [-0.4, -0.2) is 6.61 Å². The molecule has 1 aromatic carbocycles. The highest BCUT2D eigenvalue weighted by molar-refractivity contribution is 7.87. The molecule has 0 N–H and O–H groups in total. The van der Waals surface area contributed by atoms with Crippen LogP contribution in [0.1, 0.15) is 6.92 Å². The number of rotatable bonds is 4. The van der Waals surface area contributed by atoms with Crippen molar-refractivity contribution in [2.45, 2.75) is 6.92 Å². The van der Waals surface area contributed by atoms with Crippen LogP contribution in [0.15, 0.2) is 56.0 Å². The van der Waals surface area contributed by atoms with Gasteiger partial charge in [-0.1, -0.05) is 36.9 Å². The smallest absolute Gasteiger partial charge is 0.422 e. The van der Waals surface area contributed by atoms with Gasteiger partial charge in [0, 0.05) is 5.30 Å². The van der Waals surface area contributed by atoms with Crippen molar-refractivity contribution in [3.05, 3.63) is 42.4 Å². The Morgan fingerprint density at radius 3 is 2.14 bits per heavy atom. The van der Waals surface area contributed by atoms with E-state index < -0.39 is 22.9 Å². The molecule has 0 saturated heterocycles. The van der Waals surface area contributed by atoms with E-state index in [2.05, 4.69) is 20.1 Å². The third kappa shape index (κ3) is 3.50. The van der Waals surface area contributed by atoms with Crippen molar-refractivity contribution in [2.24, 2.45) is 13.5 Å². The zero-order chi connectivity index (χ0) is 15.7. The number of nitrogens with zero attached hydrogens (tertiary/aromatic N) is 3. The summed E-state index contributed by atoms with van der Waals surface area (Å²) in [7, 11) is -14.7. The van der Waals surface area contributed by atoms with Crippen LogP contribution in [0.3, 0.4) is 0 Å². The largest absolute Gasteiger partial charge is 0.490 e. The van der Waals surface area contributed by atoms with Crippen molar-refractivity contribution in [3.63, 3.8) is 0 Å². The van der Waals surface area contributed by atoms with Gasteiger partial charge in [-0.25, -0.2) is 0 Å². The minimum atomic E-state index is -5.46. The molecule has 1 atom stereocenters. The Morgan fingerprint density at radius 2 is 1.62 bits per heavy atom. The molecule has 2 rings (SSSR count). The Bertz CT molecular complexity index is 715. The summed E-state index contributed by atoms with van der Waals surface area (Å²) in [5, 5.41) is 0.165. The van der Waals surface area contributed by atoms with Gasteiger partial charge < -0.3 is 4.74 Å². The fraction of sp³-hybridized carbons (Fsp3) is 0.200. The second-order valence-electron chi connectivity index (χ2n) is 3.94. The summed E-state index contributed by atoms with van der Waals surface area (Å²) < 4.78 is 68.7. The maximum absolute atomic E-state index is 13.7. The second-order valence-corrected chi connectivity index (χ2v) is 10.1. The number of ether oxygens (including phenoxy) is 1. The third-order valence-corrected chi connectivity index (χ3v) is 9.82. The van der Waals surface area contributed by atoms with Gasteiger partial charge in [0.15, 0.2) is 12.7 Å². The normalized spacial score (nSPS) is 26.0. The first-order valence-corrected chi connectivity index (χ1v) is 10.4. The SMILES string of the molecule is C=C(OCC)P1(c2ccccc2)=NP(F)(F)=NP(F)(F)=N1. The van der Waals surface area contributed by atoms with Gasteiger partial charge in [0.2, 0.25) is 0 Å². The summed E-state index contributed by atoms with van der Waals surface area (Å²) in [6.45, 7) is 5.21. The van der Waals surface area contributed by atoms with E-state index in [-0.39, 0.29) is 17.4 Å². The Morgan fingerprint density at radius 1 is 1.05 bits per heavy atom. The first-order chi connectivity index (χ1) is 9.71. The molecule has 0 saturated carbocycles. The van der Waals surface area contributed by atoms with Crippen molar-refractivity contribution < 1.29 is 21.5 Å². The molecule has 0 spiro atoms. The van der Waals surface area contributed by atoms with E-state index in [4.69, 9.17) is 4.74 Å². The third-order valence-electron chi connectivity index (χ3n) is 2.46. The molecule has 1 aliphatic heterocycles. The van der Waals surface area contributed by atoms with Crippen molar-refractivity contribution in [1.29, 1.82) is 0 Å². The molecule has 1 aromatic rings. The maximum atomic E-state index is 13.7. The molecule has 0 aliphatic carbocycles. The lowest BCUT2D eigenvalue weighted by atomic mass is 10.4. The Labute approximate surface area is 120 Å². The van der Waals surface area contributed by atoms with Gasteiger partial charge in [-0.05, 0) is 6.92 Å². The molecule has 1 aliphatic rings. The van der Waals surface area contributed by atoms with E-state index in [1.54, 1.807) is 25.1 Å². The van der Waals surface area contributed by atoms with E-state index in [0.29, 0.717) is 0 Å². The molecule has 21 heavy (non-hydrogen) atoms. The van der Waals surface area contributed by atoms with Gasteiger partial charge in [-0.3, -0.25) is 0 Å². The first kappa shape index (κ1) is 16.5. The van der Waals surface area contributed by atoms with E-state index in [1.165, 1.54) is 12.1 Å². The number of halogens is 4. The Kier molecular flexibility index (Phi) is 4.53. The van der Waals surface area contributed by atoms with E-state index in [0.717, 1.165) is 0 Å². The van der Waals surface area contributed by atoms with Crippen LogP contribution in [0.5, 0.6) is 0 Å². The summed E-state index contributed by atoms with van der Waals surface area (Å²) in [6.07, 6.45) is 0. The van der Waals surface area contributed by atoms with Gasteiger partial charge in [0.25, 0.3) is 0 Å². The quantitative estimate of drug-likeness (QED) is 0.334. The standard InChI is InChI=1S/C10H12F4N3OP3/c1-3-18-9(2)19(10-7-5-4-6-8-10)15-20(11,12)17-21(13,14)16-19/h4-8H,2-3H2,1H3. The minimum absolute atomic E-state index is 0.101. The maximum Gasteiger partial charge on any atom is 0.422 e. The zero-order valence-electron chi connectivity index (χ0n) is 10.9. The molecule has 0 aromatic heterocycles. The Balaban J connectivity index is 2.82. The fourth-order valence-electron chi connectivity index (χ4n) is 1.73. The molecule has 1 heterocycles. The lowest BCUT2D eigenvalue weighted by Gasteiger charge is -2.26. The molecule has 11 heteroatoms. The monoisotopic (exact) mass is 359 g/mol. The lowest BCUT2D eigenvalue weighted by Crippen LogP contribution is -2.07. The van der Waals surface area contributed by atoms with E-state index >= 15 is 0 Å². The summed E-state index contributed by atoms with van der Waals surface area (Å²) in [5.74, 6) is 0. The van der Waals surface area contributed by atoms with Gasteiger partial charge in [-0.15, -0.1) is 21.3 Å². The fourth-order valence-corrected chi connectivity index (χ4v) is 9.47. The molecular formula is C10H12F4N3OP3. The summed E-state index contributed by atoms with van der Waals surface area (Å²) in [6, 6.07) is 7.57. The second kappa shape index (κ2) is 5.75. The summed E-state index contributed by atoms with van der Waals surface area (Å²) in [4.78, 5) is 0.